The molecule has 0 bridgehead atoms. The molecule has 1 spiro atoms. The number of nitrogens with zero attached hydrogens (tertiary/aromatic N) is 3. The molecule has 3 aromatic rings. The fourth-order valence-electron chi connectivity index (χ4n) is 5.86. The van der Waals surface area contributed by atoms with Gasteiger partial charge in [0.2, 0.25) is 5.88 Å². The molecule has 40 heavy (non-hydrogen) atoms. The van der Waals surface area contributed by atoms with Crippen LogP contribution in [-0.4, -0.2) is 52.5 Å². The largest absolute Gasteiger partial charge is 0.474 e. The van der Waals surface area contributed by atoms with Crippen LogP contribution in [0, 0.1) is 0 Å². The maximum atomic E-state index is 12.6. The van der Waals surface area contributed by atoms with E-state index in [9.17, 15) is 13.2 Å². The normalized spacial score (nSPS) is 24.0. The number of esters is 1. The highest BCUT2D eigenvalue weighted by atomic mass is 32.2. The van der Waals surface area contributed by atoms with Gasteiger partial charge >= 0.3 is 5.97 Å². The Labute approximate surface area is 234 Å². The molecule has 4 heterocycles. The molecule has 2 saturated carbocycles. The van der Waals surface area contributed by atoms with Crippen LogP contribution in [0.5, 0.6) is 5.88 Å². The van der Waals surface area contributed by atoms with Crippen molar-refractivity contribution in [3.05, 3.63) is 47.4 Å². The van der Waals surface area contributed by atoms with Crippen LogP contribution in [0.3, 0.4) is 0 Å². The van der Waals surface area contributed by atoms with Crippen LogP contribution in [0.4, 0.5) is 11.6 Å². The van der Waals surface area contributed by atoms with Crippen LogP contribution in [0.15, 0.2) is 30.6 Å². The molecule has 212 valence electrons. The molecule has 11 heteroatoms. The van der Waals surface area contributed by atoms with Crippen molar-refractivity contribution in [3.8, 4) is 5.88 Å². The van der Waals surface area contributed by atoms with E-state index in [-0.39, 0.29) is 22.7 Å². The van der Waals surface area contributed by atoms with Crippen molar-refractivity contribution in [2.75, 3.05) is 11.6 Å². The number of aromatic nitrogens is 3. The third kappa shape index (κ3) is 4.30. The van der Waals surface area contributed by atoms with Gasteiger partial charge in [-0.05, 0) is 69.2 Å². The number of cyclic esters (lactones) is 1. The van der Waals surface area contributed by atoms with Gasteiger partial charge in [-0.3, -0.25) is 0 Å². The summed E-state index contributed by atoms with van der Waals surface area (Å²) in [6, 6.07) is 5.43. The van der Waals surface area contributed by atoms with Crippen molar-refractivity contribution < 1.29 is 22.7 Å². The molecular formula is C29H35N5O5S. The first kappa shape index (κ1) is 26.9. The molecule has 1 atom stereocenters. The number of hydrogen-bond donors (Lipinski definition) is 2. The standard InChI is InChI=1S/C29H35N5O5S/c1-6-28(4,30)21-15-32-25(38-16-11-17(12-16)40(5,36)37)20-14-31-23(13-19(20)21)33-22-8-7-18-24(34-22)29(9-10-29)27(2,3)39-26(18)35/h7-8,13-17H,6,9-12,30H2,1-5H3,(H,31,33,34). The first-order chi connectivity index (χ1) is 18.7. The zero-order chi connectivity index (χ0) is 28.7. The molecule has 0 amide bonds. The minimum Gasteiger partial charge on any atom is -0.474 e. The van der Waals surface area contributed by atoms with E-state index in [0.717, 1.165) is 29.5 Å². The molecule has 3 aliphatic rings. The van der Waals surface area contributed by atoms with Crippen molar-refractivity contribution >= 4 is 38.2 Å². The Kier molecular flexibility index (Phi) is 5.94. The fourth-order valence-corrected chi connectivity index (χ4v) is 6.99. The van der Waals surface area contributed by atoms with Crippen LogP contribution in [0.25, 0.3) is 10.8 Å². The fraction of sp³-hybridized carbons (Fsp3) is 0.517. The van der Waals surface area contributed by atoms with Gasteiger partial charge in [0, 0.05) is 37.0 Å². The van der Waals surface area contributed by atoms with E-state index in [4.69, 9.17) is 20.2 Å². The van der Waals surface area contributed by atoms with E-state index < -0.39 is 21.0 Å². The Morgan fingerprint density at radius 1 is 1.15 bits per heavy atom. The summed E-state index contributed by atoms with van der Waals surface area (Å²) in [6.45, 7) is 7.88. The van der Waals surface area contributed by atoms with Crippen LogP contribution in [-0.2, 0) is 25.5 Å². The number of sulfone groups is 1. The highest BCUT2D eigenvalue weighted by molar-refractivity contribution is 7.91. The molecule has 3 N–H and O–H groups in total. The van der Waals surface area contributed by atoms with Gasteiger partial charge in [-0.15, -0.1) is 0 Å². The number of pyridine rings is 3. The second kappa shape index (κ2) is 8.84. The Morgan fingerprint density at radius 2 is 1.88 bits per heavy atom. The van der Waals surface area contributed by atoms with Gasteiger partial charge in [0.1, 0.15) is 23.3 Å². The van der Waals surface area contributed by atoms with Gasteiger partial charge in [-0.25, -0.2) is 28.2 Å². The van der Waals surface area contributed by atoms with Gasteiger partial charge in [0.15, 0.2) is 9.84 Å². The van der Waals surface area contributed by atoms with E-state index in [0.29, 0.717) is 47.7 Å². The number of ether oxygens (including phenoxy) is 2. The molecule has 1 unspecified atom stereocenters. The molecular weight excluding hydrogens is 530 g/mol. The molecule has 6 rings (SSSR count). The van der Waals surface area contributed by atoms with Gasteiger partial charge < -0.3 is 20.5 Å². The quantitative estimate of drug-likeness (QED) is 0.398. The molecule has 2 aliphatic carbocycles. The summed E-state index contributed by atoms with van der Waals surface area (Å²) < 4.78 is 35.6. The predicted octanol–water partition coefficient (Wildman–Crippen LogP) is 4.29. The monoisotopic (exact) mass is 565 g/mol. The third-order valence-electron chi connectivity index (χ3n) is 9.10. The van der Waals surface area contributed by atoms with E-state index in [1.165, 1.54) is 6.26 Å². The Bertz CT molecular complexity index is 1640. The summed E-state index contributed by atoms with van der Waals surface area (Å²) in [5, 5.41) is 4.48. The molecule has 3 aromatic heterocycles. The number of nitrogens with one attached hydrogen (secondary N) is 1. The van der Waals surface area contributed by atoms with Gasteiger partial charge in [-0.2, -0.15) is 0 Å². The summed E-state index contributed by atoms with van der Waals surface area (Å²) in [5.41, 5.74) is 7.28. The van der Waals surface area contributed by atoms with Crippen molar-refractivity contribution in [1.82, 2.24) is 15.0 Å². The van der Waals surface area contributed by atoms with Gasteiger partial charge in [0.25, 0.3) is 0 Å². The highest BCUT2D eigenvalue weighted by Gasteiger charge is 2.63. The number of nitrogens with two attached hydrogens (primary N) is 1. The molecule has 0 radical (unpaired) electrons. The van der Waals surface area contributed by atoms with Crippen molar-refractivity contribution in [2.45, 2.75) is 87.7 Å². The summed E-state index contributed by atoms with van der Waals surface area (Å²) >= 11 is 0. The predicted molar refractivity (Wildman–Crippen MR) is 152 cm³/mol. The van der Waals surface area contributed by atoms with Crippen LogP contribution >= 0.6 is 0 Å². The second-order valence-corrected chi connectivity index (χ2v) is 14.6. The number of anilines is 2. The first-order valence-corrected chi connectivity index (χ1v) is 15.6. The minimum absolute atomic E-state index is 0.222. The van der Waals surface area contributed by atoms with Crippen LogP contribution < -0.4 is 15.8 Å². The van der Waals surface area contributed by atoms with Crippen molar-refractivity contribution in [1.29, 1.82) is 0 Å². The first-order valence-electron chi connectivity index (χ1n) is 13.7. The average molecular weight is 566 g/mol. The summed E-state index contributed by atoms with van der Waals surface area (Å²) in [6.07, 6.45) is 7.88. The summed E-state index contributed by atoms with van der Waals surface area (Å²) in [5.74, 6) is 1.21. The number of hydrogen-bond acceptors (Lipinski definition) is 10. The topological polar surface area (TPSA) is 146 Å². The molecule has 1 aliphatic heterocycles. The lowest BCUT2D eigenvalue weighted by atomic mass is 9.80. The maximum Gasteiger partial charge on any atom is 0.340 e. The van der Waals surface area contributed by atoms with E-state index in [1.54, 1.807) is 24.5 Å². The lowest BCUT2D eigenvalue weighted by molar-refractivity contribution is -0.0285. The smallest absolute Gasteiger partial charge is 0.340 e. The lowest BCUT2D eigenvalue weighted by Gasteiger charge is -2.39. The minimum atomic E-state index is -3.09. The molecule has 10 nitrogen and oxygen atoms in total. The van der Waals surface area contributed by atoms with E-state index in [1.807, 2.05) is 33.8 Å². The molecule has 0 aromatic carbocycles. The maximum absolute atomic E-state index is 12.6. The second-order valence-electron chi connectivity index (χ2n) is 12.2. The van der Waals surface area contributed by atoms with Gasteiger partial charge in [-0.1, -0.05) is 6.92 Å². The van der Waals surface area contributed by atoms with Crippen LogP contribution in [0.1, 0.15) is 81.4 Å². The summed E-state index contributed by atoms with van der Waals surface area (Å²) in [7, 11) is -3.09. The number of fused-ring (bicyclic) bond motifs is 3. The lowest BCUT2D eigenvalue weighted by Crippen LogP contribution is -2.46. The highest BCUT2D eigenvalue weighted by Crippen LogP contribution is 2.59. The number of carbonyl (C=O) groups excluding carboxylic acids is 1. The van der Waals surface area contributed by atoms with E-state index >= 15 is 0 Å². The number of carbonyl (C=O) groups is 1. The molecule has 0 saturated heterocycles. The number of rotatable bonds is 7. The Hall–Kier alpha value is -3.31. The zero-order valence-electron chi connectivity index (χ0n) is 23.4. The SMILES string of the molecule is CCC(C)(N)c1cnc(OC2CC(S(C)(=O)=O)C2)c2cnc(Nc3ccc4c(n3)C3(CC3)C(C)(C)OC4=O)cc12. The Balaban J connectivity index is 1.34. The average Bonchev–Trinajstić information content (AvgIpc) is 3.66. The van der Waals surface area contributed by atoms with Gasteiger partial charge in [0.05, 0.1) is 27.3 Å². The zero-order valence-corrected chi connectivity index (χ0v) is 24.3. The van der Waals surface area contributed by atoms with Crippen molar-refractivity contribution in [3.63, 3.8) is 0 Å². The summed E-state index contributed by atoms with van der Waals surface area (Å²) in [4.78, 5) is 26.7. The molecule has 2 fully saturated rings. The Morgan fingerprint density at radius 3 is 2.52 bits per heavy atom. The van der Waals surface area contributed by atoms with Crippen LogP contribution in [0.2, 0.25) is 0 Å². The van der Waals surface area contributed by atoms with Crippen molar-refractivity contribution in [2.24, 2.45) is 5.73 Å². The van der Waals surface area contributed by atoms with E-state index in [2.05, 4.69) is 15.3 Å². The third-order valence-corrected chi connectivity index (χ3v) is 10.7.